The molecule has 0 saturated carbocycles. The molecule has 10 heteroatoms. The SMILES string of the molecule is [N-]=[N+]=NCC1CC(=O)N(c2cc(C(F)(F)F)c(Br)cc2F)C1. The maximum Gasteiger partial charge on any atom is 0.417 e. The molecule has 1 amide bonds. The summed E-state index contributed by atoms with van der Waals surface area (Å²) in [6.45, 7) is 0.0384. The molecule has 1 atom stereocenters. The molecular formula is C12H9BrF4N4O. The molecule has 0 bridgehead atoms. The molecular weight excluding hydrogens is 372 g/mol. The summed E-state index contributed by atoms with van der Waals surface area (Å²) in [5.74, 6) is -1.79. The van der Waals surface area contributed by atoms with E-state index in [-0.39, 0.29) is 25.4 Å². The second kappa shape index (κ2) is 6.13. The minimum Gasteiger partial charge on any atom is -0.309 e. The smallest absolute Gasteiger partial charge is 0.309 e. The maximum absolute atomic E-state index is 13.9. The van der Waals surface area contributed by atoms with Gasteiger partial charge in [0.15, 0.2) is 0 Å². The molecule has 0 aliphatic carbocycles. The van der Waals surface area contributed by atoms with Gasteiger partial charge in [-0.3, -0.25) is 4.79 Å². The van der Waals surface area contributed by atoms with Crippen molar-refractivity contribution in [1.82, 2.24) is 0 Å². The summed E-state index contributed by atoms with van der Waals surface area (Å²) in [6.07, 6.45) is -4.68. The highest BCUT2D eigenvalue weighted by Crippen LogP contribution is 2.39. The minimum atomic E-state index is -4.67. The van der Waals surface area contributed by atoms with Gasteiger partial charge in [0.2, 0.25) is 5.91 Å². The van der Waals surface area contributed by atoms with Crippen molar-refractivity contribution < 1.29 is 22.4 Å². The highest BCUT2D eigenvalue weighted by atomic mass is 79.9. The number of hydrogen-bond acceptors (Lipinski definition) is 2. The molecule has 118 valence electrons. The molecule has 22 heavy (non-hydrogen) atoms. The second-order valence-corrected chi connectivity index (χ2v) is 5.62. The molecule has 1 aliphatic rings. The van der Waals surface area contributed by atoms with E-state index in [9.17, 15) is 22.4 Å². The average Bonchev–Trinajstić information content (AvgIpc) is 2.76. The summed E-state index contributed by atoms with van der Waals surface area (Å²) < 4.78 is 52.1. The van der Waals surface area contributed by atoms with Gasteiger partial charge in [0, 0.05) is 28.9 Å². The lowest BCUT2D eigenvalue weighted by Crippen LogP contribution is -2.26. The van der Waals surface area contributed by atoms with Crippen molar-refractivity contribution in [3.63, 3.8) is 0 Å². The van der Waals surface area contributed by atoms with E-state index in [4.69, 9.17) is 5.53 Å². The fourth-order valence-electron chi connectivity index (χ4n) is 2.25. The molecule has 2 rings (SSSR count). The standard InChI is InChI=1S/C12H9BrF4N4O/c13-8-3-9(14)10(2-7(8)12(15,16)17)21-5-6(1-11(21)22)4-19-20-18/h2-3,6H,1,4-5H2. The molecule has 1 fully saturated rings. The van der Waals surface area contributed by atoms with Crippen LogP contribution >= 0.6 is 15.9 Å². The van der Waals surface area contributed by atoms with Crippen LogP contribution in [0.25, 0.3) is 10.4 Å². The van der Waals surface area contributed by atoms with E-state index in [1.54, 1.807) is 0 Å². The number of benzene rings is 1. The zero-order valence-corrected chi connectivity index (χ0v) is 12.5. The molecule has 1 unspecified atom stereocenters. The van der Waals surface area contributed by atoms with Crippen LogP contribution in [0.1, 0.15) is 12.0 Å². The van der Waals surface area contributed by atoms with E-state index < -0.39 is 33.6 Å². The molecule has 0 radical (unpaired) electrons. The van der Waals surface area contributed by atoms with E-state index in [0.29, 0.717) is 12.1 Å². The Morgan fingerprint density at radius 1 is 1.45 bits per heavy atom. The van der Waals surface area contributed by atoms with E-state index in [0.717, 1.165) is 4.90 Å². The topological polar surface area (TPSA) is 69.1 Å². The number of azide groups is 1. The van der Waals surface area contributed by atoms with Crippen molar-refractivity contribution in [3.05, 3.63) is 38.4 Å². The third-order valence-electron chi connectivity index (χ3n) is 3.24. The quantitative estimate of drug-likeness (QED) is 0.334. The van der Waals surface area contributed by atoms with Gasteiger partial charge in [-0.1, -0.05) is 21.0 Å². The lowest BCUT2D eigenvalue weighted by molar-refractivity contribution is -0.138. The van der Waals surface area contributed by atoms with Gasteiger partial charge in [0.1, 0.15) is 5.82 Å². The Hall–Kier alpha value is -1.80. The third kappa shape index (κ3) is 3.33. The summed E-state index contributed by atoms with van der Waals surface area (Å²) >= 11 is 2.67. The number of amides is 1. The summed E-state index contributed by atoms with van der Waals surface area (Å²) in [6, 6.07) is 1.29. The van der Waals surface area contributed by atoms with E-state index in [2.05, 4.69) is 26.0 Å². The van der Waals surface area contributed by atoms with Crippen LogP contribution in [0.2, 0.25) is 0 Å². The van der Waals surface area contributed by atoms with Crippen molar-refractivity contribution in [2.45, 2.75) is 12.6 Å². The number of nitrogens with zero attached hydrogens (tertiary/aromatic N) is 4. The van der Waals surface area contributed by atoms with Gasteiger partial charge in [0.05, 0.1) is 11.3 Å². The van der Waals surface area contributed by atoms with Gasteiger partial charge in [-0.05, 0) is 23.6 Å². The van der Waals surface area contributed by atoms with Crippen molar-refractivity contribution in [2.75, 3.05) is 18.0 Å². The largest absolute Gasteiger partial charge is 0.417 e. The lowest BCUT2D eigenvalue weighted by atomic mass is 10.1. The molecule has 1 aliphatic heterocycles. The summed E-state index contributed by atoms with van der Waals surface area (Å²) in [5.41, 5.74) is 6.76. The van der Waals surface area contributed by atoms with Crippen LogP contribution in [-0.2, 0) is 11.0 Å². The minimum absolute atomic E-state index is 0.00409. The fraction of sp³-hybridized carbons (Fsp3) is 0.417. The van der Waals surface area contributed by atoms with Gasteiger partial charge in [-0.15, -0.1) is 0 Å². The number of carbonyl (C=O) groups excluding carboxylic acids is 1. The normalized spacial score (nSPS) is 18.5. The van der Waals surface area contributed by atoms with Gasteiger partial charge in [-0.2, -0.15) is 13.2 Å². The van der Waals surface area contributed by atoms with Gasteiger partial charge >= 0.3 is 6.18 Å². The Bertz CT molecular complexity index is 657. The van der Waals surface area contributed by atoms with Crippen molar-refractivity contribution in [1.29, 1.82) is 0 Å². The monoisotopic (exact) mass is 380 g/mol. The summed E-state index contributed by atoms with van der Waals surface area (Å²) in [5, 5.41) is 3.33. The first-order valence-corrected chi connectivity index (χ1v) is 6.90. The number of hydrogen-bond donors (Lipinski definition) is 0. The molecule has 1 aromatic carbocycles. The molecule has 0 aromatic heterocycles. The Labute approximate surface area is 130 Å². The summed E-state index contributed by atoms with van der Waals surface area (Å²) in [4.78, 5) is 15.4. The fourth-order valence-corrected chi connectivity index (χ4v) is 2.79. The number of alkyl halides is 3. The average molecular weight is 381 g/mol. The Morgan fingerprint density at radius 3 is 2.73 bits per heavy atom. The van der Waals surface area contributed by atoms with Gasteiger partial charge < -0.3 is 4.90 Å². The predicted octanol–water partition coefficient (Wildman–Crippen LogP) is 4.27. The number of anilines is 1. The van der Waals surface area contributed by atoms with E-state index >= 15 is 0 Å². The van der Waals surface area contributed by atoms with E-state index in [1.165, 1.54) is 0 Å². The van der Waals surface area contributed by atoms with Crippen LogP contribution < -0.4 is 4.90 Å². The van der Waals surface area contributed by atoms with Crippen LogP contribution in [0, 0.1) is 11.7 Å². The molecule has 0 spiro atoms. The zero-order chi connectivity index (χ0) is 16.5. The molecule has 1 saturated heterocycles. The summed E-state index contributed by atoms with van der Waals surface area (Å²) in [7, 11) is 0. The first kappa shape index (κ1) is 16.6. The zero-order valence-electron chi connectivity index (χ0n) is 10.9. The Kier molecular flexibility index (Phi) is 4.62. The van der Waals surface area contributed by atoms with Crippen molar-refractivity contribution >= 4 is 27.5 Å². The van der Waals surface area contributed by atoms with Crippen molar-refractivity contribution in [2.24, 2.45) is 11.0 Å². The first-order chi connectivity index (χ1) is 10.2. The van der Waals surface area contributed by atoms with Gasteiger partial charge in [-0.25, -0.2) is 4.39 Å². The van der Waals surface area contributed by atoms with Crippen LogP contribution in [-0.4, -0.2) is 19.0 Å². The van der Waals surface area contributed by atoms with Crippen LogP contribution in [0.3, 0.4) is 0 Å². The predicted molar refractivity (Wildman–Crippen MR) is 73.6 cm³/mol. The molecule has 1 heterocycles. The van der Waals surface area contributed by atoms with Crippen LogP contribution in [0.4, 0.5) is 23.2 Å². The van der Waals surface area contributed by atoms with E-state index in [1.807, 2.05) is 0 Å². The van der Waals surface area contributed by atoms with Gasteiger partial charge in [0.25, 0.3) is 0 Å². The Morgan fingerprint density at radius 2 is 2.14 bits per heavy atom. The van der Waals surface area contributed by atoms with Crippen LogP contribution in [0.5, 0.6) is 0 Å². The maximum atomic E-state index is 13.9. The molecule has 5 nitrogen and oxygen atoms in total. The first-order valence-electron chi connectivity index (χ1n) is 6.11. The highest BCUT2D eigenvalue weighted by Gasteiger charge is 2.37. The number of carbonyl (C=O) groups is 1. The van der Waals surface area contributed by atoms with Crippen molar-refractivity contribution in [3.8, 4) is 0 Å². The third-order valence-corrected chi connectivity index (χ3v) is 3.90. The number of rotatable bonds is 3. The molecule has 1 aromatic rings. The van der Waals surface area contributed by atoms with Crippen LogP contribution in [0.15, 0.2) is 21.7 Å². The highest BCUT2D eigenvalue weighted by molar-refractivity contribution is 9.10. The molecule has 0 N–H and O–H groups in total. The number of halogens is 5. The lowest BCUT2D eigenvalue weighted by Gasteiger charge is -2.20. The Balaban J connectivity index is 2.36. The second-order valence-electron chi connectivity index (χ2n) is 4.77.